The Morgan fingerprint density at radius 2 is 1.81 bits per heavy atom. The molecule has 2 rings (SSSR count). The van der Waals surface area contributed by atoms with E-state index in [2.05, 4.69) is 0 Å². The van der Waals surface area contributed by atoms with Crippen molar-refractivity contribution in [2.45, 2.75) is 43.7 Å². The molecule has 1 heterocycles. The Bertz CT molecular complexity index is 782. The van der Waals surface area contributed by atoms with Crippen molar-refractivity contribution < 1.29 is 27.8 Å². The molecule has 3 atom stereocenters. The predicted octanol–water partition coefficient (Wildman–Crippen LogP) is 1.59. The second kappa shape index (κ2) is 11.9. The minimum Gasteiger partial charge on any atom is -0.395 e. The molecule has 8 nitrogen and oxygen atoms in total. The lowest BCUT2D eigenvalue weighted by Crippen LogP contribution is -2.48. The first-order chi connectivity index (χ1) is 14.7. The Hall–Kier alpha value is -1.52. The van der Waals surface area contributed by atoms with Crippen molar-refractivity contribution in [1.82, 2.24) is 9.21 Å². The van der Waals surface area contributed by atoms with E-state index in [1.54, 1.807) is 56.3 Å². The third kappa shape index (κ3) is 6.73. The van der Waals surface area contributed by atoms with Gasteiger partial charge in [-0.15, -0.1) is 0 Å². The summed E-state index contributed by atoms with van der Waals surface area (Å²) in [6.45, 7) is 5.00. The van der Waals surface area contributed by atoms with Crippen LogP contribution in [-0.2, 0) is 24.3 Å². The van der Waals surface area contributed by atoms with Crippen LogP contribution in [-0.4, -0.2) is 87.9 Å². The lowest BCUT2D eigenvalue weighted by Gasteiger charge is -2.34. The summed E-state index contributed by atoms with van der Waals surface area (Å²) in [5.41, 5.74) is 0. The Labute approximate surface area is 186 Å². The highest BCUT2D eigenvalue weighted by atomic mass is 32.2. The quantitative estimate of drug-likeness (QED) is 0.543. The molecule has 0 saturated carbocycles. The summed E-state index contributed by atoms with van der Waals surface area (Å²) in [5, 5.41) is 9.69. The highest BCUT2D eigenvalue weighted by Crippen LogP contribution is 2.23. The normalized spacial score (nSPS) is 18.5. The van der Waals surface area contributed by atoms with Crippen LogP contribution in [0.25, 0.3) is 0 Å². The largest absolute Gasteiger partial charge is 0.395 e. The van der Waals surface area contributed by atoms with Gasteiger partial charge in [0.15, 0.2) is 0 Å². The summed E-state index contributed by atoms with van der Waals surface area (Å²) in [6, 6.07) is 7.61. The zero-order valence-electron chi connectivity index (χ0n) is 18.9. The van der Waals surface area contributed by atoms with E-state index in [1.807, 2.05) is 6.92 Å². The number of hydrogen-bond acceptors (Lipinski definition) is 6. The molecule has 0 bridgehead atoms. The topological polar surface area (TPSA) is 96.4 Å². The number of sulfonamides is 1. The second-order valence-electron chi connectivity index (χ2n) is 8.28. The third-order valence-electron chi connectivity index (χ3n) is 5.91. The Morgan fingerprint density at radius 1 is 1.19 bits per heavy atom. The first-order valence-electron chi connectivity index (χ1n) is 10.8. The molecule has 1 fully saturated rings. The summed E-state index contributed by atoms with van der Waals surface area (Å²) in [7, 11) is -0.464. The highest BCUT2D eigenvalue weighted by Gasteiger charge is 2.33. The van der Waals surface area contributed by atoms with Gasteiger partial charge >= 0.3 is 0 Å². The van der Waals surface area contributed by atoms with Gasteiger partial charge < -0.3 is 19.5 Å². The van der Waals surface area contributed by atoms with Crippen LogP contribution >= 0.6 is 0 Å². The van der Waals surface area contributed by atoms with Crippen molar-refractivity contribution in [3.63, 3.8) is 0 Å². The molecule has 0 aromatic heterocycles. The van der Waals surface area contributed by atoms with E-state index >= 15 is 0 Å². The molecular formula is C22H36N2O6S. The number of carbonyl (C=O) groups is 1. The summed E-state index contributed by atoms with van der Waals surface area (Å²) in [6.07, 6.45) is 1.08. The minimum atomic E-state index is -3.79. The van der Waals surface area contributed by atoms with Crippen LogP contribution < -0.4 is 0 Å². The number of benzene rings is 1. The van der Waals surface area contributed by atoms with Gasteiger partial charge in [0.25, 0.3) is 0 Å². The molecule has 0 radical (unpaired) electrons. The van der Waals surface area contributed by atoms with Crippen LogP contribution in [0.15, 0.2) is 35.2 Å². The maximum Gasteiger partial charge on any atom is 0.243 e. The highest BCUT2D eigenvalue weighted by molar-refractivity contribution is 7.89. The molecule has 1 aromatic rings. The zero-order valence-corrected chi connectivity index (χ0v) is 19.8. The van der Waals surface area contributed by atoms with Crippen LogP contribution in [0.2, 0.25) is 0 Å². The molecule has 0 aliphatic carbocycles. The first kappa shape index (κ1) is 25.7. The van der Waals surface area contributed by atoms with Gasteiger partial charge in [0.1, 0.15) is 0 Å². The first-order valence-corrected chi connectivity index (χ1v) is 12.2. The van der Waals surface area contributed by atoms with Gasteiger partial charge in [-0.05, 0) is 37.8 Å². The van der Waals surface area contributed by atoms with Crippen LogP contribution in [0.4, 0.5) is 0 Å². The van der Waals surface area contributed by atoms with Crippen molar-refractivity contribution in [3.05, 3.63) is 30.3 Å². The van der Waals surface area contributed by atoms with Crippen molar-refractivity contribution in [1.29, 1.82) is 0 Å². The maximum atomic E-state index is 13.2. The fourth-order valence-electron chi connectivity index (χ4n) is 3.84. The third-order valence-corrected chi connectivity index (χ3v) is 7.91. The van der Waals surface area contributed by atoms with Crippen LogP contribution in [0.1, 0.15) is 26.7 Å². The van der Waals surface area contributed by atoms with Gasteiger partial charge in [-0.3, -0.25) is 4.79 Å². The lowest BCUT2D eigenvalue weighted by atomic mass is 9.98. The van der Waals surface area contributed by atoms with Crippen LogP contribution in [0.3, 0.4) is 0 Å². The number of nitrogens with zero attached hydrogens (tertiary/aromatic N) is 2. The van der Waals surface area contributed by atoms with Gasteiger partial charge in [-0.1, -0.05) is 25.1 Å². The number of carbonyl (C=O) groups excluding carboxylic acids is 1. The molecule has 1 N–H and O–H groups in total. The number of methoxy groups -OCH3 is 1. The molecule has 1 aromatic carbocycles. The van der Waals surface area contributed by atoms with E-state index in [-0.39, 0.29) is 41.9 Å². The molecule has 1 saturated heterocycles. The van der Waals surface area contributed by atoms with E-state index < -0.39 is 16.1 Å². The minimum absolute atomic E-state index is 0.0454. The zero-order chi connectivity index (χ0) is 23.0. The smallest absolute Gasteiger partial charge is 0.243 e. The van der Waals surface area contributed by atoms with Crippen molar-refractivity contribution >= 4 is 15.9 Å². The fourth-order valence-corrected chi connectivity index (χ4v) is 5.58. The molecule has 9 heteroatoms. The summed E-state index contributed by atoms with van der Waals surface area (Å²) < 4.78 is 38.7. The summed E-state index contributed by atoms with van der Waals surface area (Å²) in [4.78, 5) is 14.6. The molecular weight excluding hydrogens is 420 g/mol. The van der Waals surface area contributed by atoms with Gasteiger partial charge in [0.2, 0.25) is 15.9 Å². The molecule has 1 amide bonds. The van der Waals surface area contributed by atoms with Crippen molar-refractivity contribution in [2.24, 2.45) is 11.8 Å². The molecule has 1 aliphatic rings. The van der Waals surface area contributed by atoms with E-state index in [0.29, 0.717) is 32.6 Å². The van der Waals surface area contributed by atoms with Crippen LogP contribution in [0, 0.1) is 11.8 Å². The van der Waals surface area contributed by atoms with E-state index in [4.69, 9.17) is 9.47 Å². The SMILES string of the molecule is CO[C@@H](CN(C)C(=O)C1CCOCC1)[C@H](C)CN([C@@H](C)CO)S(=O)(=O)c1ccccc1. The summed E-state index contributed by atoms with van der Waals surface area (Å²) >= 11 is 0. The standard InChI is InChI=1S/C22H36N2O6S/c1-17(21(29-4)15-23(3)22(26)19-10-12-30-13-11-19)14-24(18(2)16-25)31(27,28)20-8-6-5-7-9-20/h5-9,17-19,21,25H,10-16H2,1-4H3/t17-,18+,21+/m1/s1. The average molecular weight is 457 g/mol. The van der Waals surface area contributed by atoms with Crippen molar-refractivity contribution in [3.8, 4) is 0 Å². The predicted molar refractivity (Wildman–Crippen MR) is 118 cm³/mol. The number of aliphatic hydroxyl groups is 1. The fraction of sp³-hybridized carbons (Fsp3) is 0.682. The monoisotopic (exact) mass is 456 g/mol. The molecule has 0 spiro atoms. The van der Waals surface area contributed by atoms with Gasteiger partial charge in [-0.2, -0.15) is 4.31 Å². The number of aliphatic hydroxyl groups excluding tert-OH is 1. The number of likely N-dealkylation sites (N-methyl/N-ethyl adjacent to an activating group) is 1. The number of ether oxygens (including phenoxy) is 2. The van der Waals surface area contributed by atoms with Crippen molar-refractivity contribution in [2.75, 3.05) is 47.1 Å². The lowest BCUT2D eigenvalue weighted by molar-refractivity contribution is -0.139. The Kier molecular flexibility index (Phi) is 9.90. The van der Waals surface area contributed by atoms with E-state index in [1.165, 1.54) is 4.31 Å². The Morgan fingerprint density at radius 3 is 2.35 bits per heavy atom. The summed E-state index contributed by atoms with van der Waals surface area (Å²) in [5.74, 6) is -0.187. The van der Waals surface area contributed by atoms with E-state index in [9.17, 15) is 18.3 Å². The van der Waals surface area contributed by atoms with Gasteiger partial charge in [0, 0.05) is 52.4 Å². The molecule has 1 aliphatic heterocycles. The average Bonchev–Trinajstić information content (AvgIpc) is 2.80. The molecule has 176 valence electrons. The van der Waals surface area contributed by atoms with Gasteiger partial charge in [-0.25, -0.2) is 8.42 Å². The maximum absolute atomic E-state index is 13.2. The number of amides is 1. The van der Waals surface area contributed by atoms with Gasteiger partial charge in [0.05, 0.1) is 17.6 Å². The van der Waals surface area contributed by atoms with Crippen LogP contribution in [0.5, 0.6) is 0 Å². The Balaban J connectivity index is 2.11. The number of hydrogen-bond donors (Lipinski definition) is 1. The van der Waals surface area contributed by atoms with E-state index in [0.717, 1.165) is 0 Å². The molecule has 0 unspecified atom stereocenters. The second-order valence-corrected chi connectivity index (χ2v) is 10.2. The molecule has 31 heavy (non-hydrogen) atoms. The number of rotatable bonds is 11.